The van der Waals surface area contributed by atoms with Crippen LogP contribution in [0.4, 0.5) is 5.69 Å². The van der Waals surface area contributed by atoms with Crippen LogP contribution in [0.2, 0.25) is 0 Å². The number of nitrogens with one attached hydrogen (secondary N) is 3. The summed E-state index contributed by atoms with van der Waals surface area (Å²) in [5, 5.41) is 6.74. The molecule has 5 nitrogen and oxygen atoms in total. The average molecular weight is 311 g/mol. The van der Waals surface area contributed by atoms with Gasteiger partial charge in [0.15, 0.2) is 0 Å². The molecular formula is C15H25N3O2S. The Kier molecular flexibility index (Phi) is 5.61. The number of hydrogen-bond acceptors (Lipinski definition) is 4. The van der Waals surface area contributed by atoms with E-state index in [1.54, 1.807) is 12.1 Å². The van der Waals surface area contributed by atoms with Crippen molar-refractivity contribution < 1.29 is 8.42 Å². The highest BCUT2D eigenvalue weighted by Gasteiger charge is 2.15. The molecule has 0 radical (unpaired) electrons. The summed E-state index contributed by atoms with van der Waals surface area (Å²) in [7, 11) is -3.40. The minimum Gasteiger partial charge on any atom is -0.385 e. The standard InChI is InChI=1S/C15H25N3O2S/c1-12(2)18-21(19,20)15-5-3-14(4-6-15)17-11-13-7-9-16-10-8-13/h3-6,12-13,16-18H,7-11H2,1-2H3. The maximum Gasteiger partial charge on any atom is 0.240 e. The predicted molar refractivity (Wildman–Crippen MR) is 86.0 cm³/mol. The fourth-order valence-electron chi connectivity index (χ4n) is 2.48. The lowest BCUT2D eigenvalue weighted by molar-refractivity contribution is 0.390. The van der Waals surface area contributed by atoms with E-state index in [0.717, 1.165) is 25.3 Å². The van der Waals surface area contributed by atoms with Gasteiger partial charge in [0.1, 0.15) is 0 Å². The van der Waals surface area contributed by atoms with Crippen molar-refractivity contribution in [3.05, 3.63) is 24.3 Å². The van der Waals surface area contributed by atoms with E-state index in [-0.39, 0.29) is 6.04 Å². The average Bonchev–Trinajstić information content (AvgIpc) is 2.45. The molecule has 21 heavy (non-hydrogen) atoms. The first-order valence-electron chi connectivity index (χ1n) is 7.54. The molecule has 0 atom stereocenters. The van der Waals surface area contributed by atoms with Crippen LogP contribution in [0.3, 0.4) is 0 Å². The van der Waals surface area contributed by atoms with Crippen LogP contribution in [-0.4, -0.2) is 34.1 Å². The Hall–Kier alpha value is -1.11. The van der Waals surface area contributed by atoms with Gasteiger partial charge in [0.2, 0.25) is 10.0 Å². The lowest BCUT2D eigenvalue weighted by atomic mass is 9.98. The quantitative estimate of drug-likeness (QED) is 0.749. The second-order valence-electron chi connectivity index (χ2n) is 5.87. The molecule has 2 rings (SSSR count). The zero-order chi connectivity index (χ0) is 15.3. The normalized spacial score (nSPS) is 17.1. The molecule has 1 heterocycles. The SMILES string of the molecule is CC(C)NS(=O)(=O)c1ccc(NCC2CCNCC2)cc1. The molecule has 6 heteroatoms. The van der Waals surface area contributed by atoms with Crippen molar-refractivity contribution in [2.75, 3.05) is 25.0 Å². The maximum absolute atomic E-state index is 12.0. The van der Waals surface area contributed by atoms with Crippen LogP contribution in [0.5, 0.6) is 0 Å². The van der Waals surface area contributed by atoms with E-state index >= 15 is 0 Å². The van der Waals surface area contributed by atoms with Crippen molar-refractivity contribution in [2.24, 2.45) is 5.92 Å². The summed E-state index contributed by atoms with van der Waals surface area (Å²) in [5.41, 5.74) is 0.969. The van der Waals surface area contributed by atoms with Crippen molar-refractivity contribution >= 4 is 15.7 Å². The Morgan fingerprint density at radius 1 is 1.19 bits per heavy atom. The molecule has 1 aliphatic heterocycles. The van der Waals surface area contributed by atoms with Crippen molar-refractivity contribution in [1.29, 1.82) is 0 Å². The Labute approximate surface area is 127 Å². The lowest BCUT2D eigenvalue weighted by Gasteiger charge is -2.23. The number of sulfonamides is 1. The van der Waals surface area contributed by atoms with E-state index in [1.165, 1.54) is 12.8 Å². The van der Waals surface area contributed by atoms with E-state index in [0.29, 0.717) is 10.8 Å². The maximum atomic E-state index is 12.0. The van der Waals surface area contributed by atoms with Crippen molar-refractivity contribution in [3.63, 3.8) is 0 Å². The van der Waals surface area contributed by atoms with Gasteiger partial charge in [-0.05, 0) is 70.0 Å². The Balaban J connectivity index is 1.92. The van der Waals surface area contributed by atoms with Gasteiger partial charge in [-0.1, -0.05) is 0 Å². The predicted octanol–water partition coefficient (Wildman–Crippen LogP) is 1.78. The number of rotatable bonds is 6. The van der Waals surface area contributed by atoms with Gasteiger partial charge < -0.3 is 10.6 Å². The number of anilines is 1. The third-order valence-corrected chi connectivity index (χ3v) is 5.28. The van der Waals surface area contributed by atoms with Crippen LogP contribution < -0.4 is 15.4 Å². The van der Waals surface area contributed by atoms with Crippen LogP contribution in [0, 0.1) is 5.92 Å². The van der Waals surface area contributed by atoms with Crippen molar-refractivity contribution in [2.45, 2.75) is 37.6 Å². The van der Waals surface area contributed by atoms with Gasteiger partial charge >= 0.3 is 0 Å². The molecule has 0 unspecified atom stereocenters. The minimum atomic E-state index is -3.40. The van der Waals surface area contributed by atoms with Gasteiger partial charge in [-0.2, -0.15) is 0 Å². The van der Waals surface area contributed by atoms with Gasteiger partial charge in [-0.3, -0.25) is 0 Å². The largest absolute Gasteiger partial charge is 0.385 e. The molecule has 1 aliphatic rings. The van der Waals surface area contributed by atoms with Crippen LogP contribution >= 0.6 is 0 Å². The molecule has 0 amide bonds. The van der Waals surface area contributed by atoms with E-state index in [9.17, 15) is 8.42 Å². The summed E-state index contributed by atoms with van der Waals surface area (Å²) in [6.45, 7) is 6.74. The fourth-order valence-corrected chi connectivity index (χ4v) is 3.73. The molecule has 118 valence electrons. The molecule has 3 N–H and O–H groups in total. The summed E-state index contributed by atoms with van der Waals surface area (Å²) in [4.78, 5) is 0.309. The zero-order valence-electron chi connectivity index (χ0n) is 12.7. The summed E-state index contributed by atoms with van der Waals surface area (Å²) >= 11 is 0. The van der Waals surface area contributed by atoms with Crippen LogP contribution in [0.1, 0.15) is 26.7 Å². The zero-order valence-corrected chi connectivity index (χ0v) is 13.5. The second-order valence-corrected chi connectivity index (χ2v) is 7.59. The third-order valence-electron chi connectivity index (χ3n) is 3.61. The Bertz CT molecular complexity index is 535. The highest BCUT2D eigenvalue weighted by Crippen LogP contribution is 2.17. The highest BCUT2D eigenvalue weighted by atomic mass is 32.2. The van der Waals surface area contributed by atoms with E-state index in [2.05, 4.69) is 15.4 Å². The first-order chi connectivity index (χ1) is 9.97. The first-order valence-corrected chi connectivity index (χ1v) is 9.02. The highest BCUT2D eigenvalue weighted by molar-refractivity contribution is 7.89. The fraction of sp³-hybridized carbons (Fsp3) is 0.600. The smallest absolute Gasteiger partial charge is 0.240 e. The van der Waals surface area contributed by atoms with Crippen LogP contribution in [-0.2, 0) is 10.0 Å². The summed E-state index contributed by atoms with van der Waals surface area (Å²) in [6.07, 6.45) is 2.38. The molecule has 0 bridgehead atoms. The molecule has 1 aromatic rings. The van der Waals surface area contributed by atoms with Crippen LogP contribution in [0.25, 0.3) is 0 Å². The van der Waals surface area contributed by atoms with Gasteiger partial charge in [0.05, 0.1) is 4.90 Å². The second kappa shape index (κ2) is 7.24. The number of benzene rings is 1. The molecule has 0 spiro atoms. The first kappa shape index (κ1) is 16.3. The van der Waals surface area contributed by atoms with Crippen LogP contribution in [0.15, 0.2) is 29.2 Å². The summed E-state index contributed by atoms with van der Waals surface area (Å²) < 4.78 is 26.6. The van der Waals surface area contributed by atoms with Gasteiger partial charge in [0.25, 0.3) is 0 Å². The molecule has 0 aromatic heterocycles. The number of piperidine rings is 1. The van der Waals surface area contributed by atoms with Gasteiger partial charge in [-0.25, -0.2) is 13.1 Å². The van der Waals surface area contributed by atoms with Crippen molar-refractivity contribution in [1.82, 2.24) is 10.0 Å². The molecule has 1 saturated heterocycles. The Morgan fingerprint density at radius 2 is 1.81 bits per heavy atom. The van der Waals surface area contributed by atoms with E-state index in [4.69, 9.17) is 0 Å². The molecule has 0 saturated carbocycles. The minimum absolute atomic E-state index is 0.104. The number of hydrogen-bond donors (Lipinski definition) is 3. The van der Waals surface area contributed by atoms with E-state index in [1.807, 2.05) is 26.0 Å². The topological polar surface area (TPSA) is 70.2 Å². The summed E-state index contributed by atoms with van der Waals surface area (Å²) in [6, 6.07) is 6.85. The van der Waals surface area contributed by atoms with Gasteiger partial charge in [-0.15, -0.1) is 0 Å². The molecule has 0 aliphatic carbocycles. The molecule has 1 aromatic carbocycles. The molecular weight excluding hydrogens is 286 g/mol. The summed E-state index contributed by atoms with van der Waals surface area (Å²) in [5.74, 6) is 0.692. The third kappa shape index (κ3) is 4.98. The van der Waals surface area contributed by atoms with E-state index < -0.39 is 10.0 Å². The van der Waals surface area contributed by atoms with Crippen molar-refractivity contribution in [3.8, 4) is 0 Å². The lowest BCUT2D eigenvalue weighted by Crippen LogP contribution is -2.31. The van der Waals surface area contributed by atoms with Gasteiger partial charge in [0, 0.05) is 18.3 Å². The molecule has 1 fully saturated rings. The Morgan fingerprint density at radius 3 is 2.38 bits per heavy atom. The monoisotopic (exact) mass is 311 g/mol.